The van der Waals surface area contributed by atoms with Crippen LogP contribution in [0.1, 0.15) is 28.8 Å². The van der Waals surface area contributed by atoms with E-state index in [0.717, 1.165) is 5.82 Å². The number of ketones is 1. The summed E-state index contributed by atoms with van der Waals surface area (Å²) in [6.07, 6.45) is 2.87. The number of rotatable bonds is 5. The van der Waals surface area contributed by atoms with Crippen LogP contribution in [0.2, 0.25) is 0 Å². The van der Waals surface area contributed by atoms with Crippen molar-refractivity contribution in [2.75, 3.05) is 18.0 Å². The number of nitrogens with zero attached hydrogens (tertiary/aromatic N) is 5. The smallest absolute Gasteiger partial charge is 0.314 e. The molecule has 0 radical (unpaired) electrons. The highest BCUT2D eigenvalue weighted by Gasteiger charge is 2.27. The van der Waals surface area contributed by atoms with Gasteiger partial charge in [-0.1, -0.05) is 0 Å². The number of piperidine rings is 1. The first kappa shape index (κ1) is 20.7. The molecule has 33 heavy (non-hydrogen) atoms. The van der Waals surface area contributed by atoms with Crippen LogP contribution in [0.25, 0.3) is 5.65 Å². The molecule has 5 rings (SSSR count). The fourth-order valence-corrected chi connectivity index (χ4v) is 3.87. The van der Waals surface area contributed by atoms with E-state index in [0.29, 0.717) is 48.5 Å². The van der Waals surface area contributed by atoms with Crippen LogP contribution in [0.4, 0.5) is 10.2 Å². The summed E-state index contributed by atoms with van der Waals surface area (Å²) in [5, 5.41) is 12.3. The van der Waals surface area contributed by atoms with Gasteiger partial charge in [0.05, 0.1) is 5.92 Å². The van der Waals surface area contributed by atoms with Crippen molar-refractivity contribution >= 4 is 23.2 Å². The lowest BCUT2D eigenvalue weighted by Crippen LogP contribution is -2.38. The van der Waals surface area contributed by atoms with Gasteiger partial charge in [0.2, 0.25) is 0 Å². The molecular weight excluding hydrogens is 425 g/mol. The van der Waals surface area contributed by atoms with E-state index in [1.807, 2.05) is 12.1 Å². The van der Waals surface area contributed by atoms with Crippen LogP contribution in [0.5, 0.6) is 5.75 Å². The summed E-state index contributed by atoms with van der Waals surface area (Å²) in [5.74, 6) is 0.0919. The van der Waals surface area contributed by atoms with Crippen molar-refractivity contribution in [1.82, 2.24) is 19.8 Å². The second-order valence-electron chi connectivity index (χ2n) is 7.87. The van der Waals surface area contributed by atoms with Crippen LogP contribution in [0, 0.1) is 11.7 Å². The van der Waals surface area contributed by atoms with Gasteiger partial charge in [0, 0.05) is 24.2 Å². The van der Waals surface area contributed by atoms with Gasteiger partial charge in [-0.05, 0) is 73.5 Å². The Bertz CT molecular complexity index is 1300. The third-order valence-electron chi connectivity index (χ3n) is 5.74. The standard InChI is InChI=1S/C24H20FN5O3/c25-19-5-1-16(2-6-19)23(31)17-3-7-20(8-4-17)33-24(32)18-11-13-29(14-12-18)22-10-9-21-27-26-15-30(21)28-22/h1-10,15,18H,11-14H2. The zero-order valence-corrected chi connectivity index (χ0v) is 17.6. The average molecular weight is 445 g/mol. The molecule has 0 atom stereocenters. The van der Waals surface area contributed by atoms with Gasteiger partial charge in [-0.3, -0.25) is 9.59 Å². The highest BCUT2D eigenvalue weighted by molar-refractivity contribution is 6.09. The fourth-order valence-electron chi connectivity index (χ4n) is 3.87. The number of carbonyl (C=O) groups excluding carboxylic acids is 2. The Labute approximate surface area is 188 Å². The van der Waals surface area contributed by atoms with Gasteiger partial charge in [-0.15, -0.1) is 15.3 Å². The monoisotopic (exact) mass is 445 g/mol. The second-order valence-corrected chi connectivity index (χ2v) is 7.87. The molecule has 166 valence electrons. The second kappa shape index (κ2) is 8.78. The minimum atomic E-state index is -0.396. The van der Waals surface area contributed by atoms with E-state index < -0.39 is 5.82 Å². The molecule has 0 aliphatic carbocycles. The van der Waals surface area contributed by atoms with Crippen LogP contribution in [0.3, 0.4) is 0 Å². The largest absolute Gasteiger partial charge is 0.426 e. The Kier molecular flexibility index (Phi) is 5.52. The zero-order valence-electron chi connectivity index (χ0n) is 17.6. The molecule has 4 aromatic rings. The molecule has 0 amide bonds. The molecule has 8 nitrogen and oxygen atoms in total. The maximum absolute atomic E-state index is 13.1. The topological polar surface area (TPSA) is 89.7 Å². The summed E-state index contributed by atoms with van der Waals surface area (Å²) in [6.45, 7) is 1.37. The van der Waals surface area contributed by atoms with E-state index in [1.165, 1.54) is 24.3 Å². The molecule has 0 N–H and O–H groups in total. The number of hydrogen-bond donors (Lipinski definition) is 0. The molecule has 0 spiro atoms. The van der Waals surface area contributed by atoms with E-state index in [2.05, 4.69) is 20.2 Å². The third kappa shape index (κ3) is 4.43. The molecule has 1 aliphatic heterocycles. The molecule has 1 aliphatic rings. The third-order valence-corrected chi connectivity index (χ3v) is 5.74. The predicted molar refractivity (Wildman–Crippen MR) is 118 cm³/mol. The molecular formula is C24H20FN5O3. The number of carbonyl (C=O) groups is 2. The van der Waals surface area contributed by atoms with Gasteiger partial charge >= 0.3 is 5.97 Å². The first-order valence-electron chi connectivity index (χ1n) is 10.6. The summed E-state index contributed by atoms with van der Waals surface area (Å²) in [6, 6.07) is 15.5. The maximum atomic E-state index is 13.1. The molecule has 0 bridgehead atoms. The fraction of sp³-hybridized carbons (Fsp3) is 0.208. The van der Waals surface area contributed by atoms with Crippen molar-refractivity contribution in [2.24, 2.45) is 5.92 Å². The molecule has 0 saturated carbocycles. The van der Waals surface area contributed by atoms with Crippen molar-refractivity contribution < 1.29 is 18.7 Å². The minimum absolute atomic E-state index is 0.208. The van der Waals surface area contributed by atoms with E-state index in [1.54, 1.807) is 35.1 Å². The van der Waals surface area contributed by atoms with E-state index in [9.17, 15) is 14.0 Å². The lowest BCUT2D eigenvalue weighted by atomic mass is 9.97. The summed E-state index contributed by atoms with van der Waals surface area (Å²) >= 11 is 0. The maximum Gasteiger partial charge on any atom is 0.314 e. The summed E-state index contributed by atoms with van der Waals surface area (Å²) < 4.78 is 20.2. The highest BCUT2D eigenvalue weighted by Crippen LogP contribution is 2.24. The minimum Gasteiger partial charge on any atom is -0.426 e. The zero-order chi connectivity index (χ0) is 22.8. The number of benzene rings is 2. The number of halogens is 1. The van der Waals surface area contributed by atoms with Gasteiger partial charge in [-0.25, -0.2) is 4.39 Å². The molecule has 1 fully saturated rings. The molecule has 0 unspecified atom stereocenters. The quantitative estimate of drug-likeness (QED) is 0.264. The number of fused-ring (bicyclic) bond motifs is 1. The SMILES string of the molecule is O=C(c1ccc(F)cc1)c1ccc(OC(=O)C2CCN(c3ccc4nncn4n3)CC2)cc1. The van der Waals surface area contributed by atoms with E-state index >= 15 is 0 Å². The first-order valence-corrected chi connectivity index (χ1v) is 10.6. The van der Waals surface area contributed by atoms with Crippen LogP contribution in [-0.2, 0) is 4.79 Å². The number of anilines is 1. The summed E-state index contributed by atoms with van der Waals surface area (Å²) in [5.41, 5.74) is 1.51. The Balaban J connectivity index is 1.17. The predicted octanol–water partition coefficient (Wildman–Crippen LogP) is 3.32. The van der Waals surface area contributed by atoms with Crippen molar-refractivity contribution in [1.29, 1.82) is 0 Å². The number of ether oxygens (including phenoxy) is 1. The lowest BCUT2D eigenvalue weighted by Gasteiger charge is -2.31. The van der Waals surface area contributed by atoms with Gasteiger partial charge < -0.3 is 9.64 Å². The Morgan fingerprint density at radius 3 is 2.27 bits per heavy atom. The summed E-state index contributed by atoms with van der Waals surface area (Å²) in [7, 11) is 0. The number of esters is 1. The van der Waals surface area contributed by atoms with Gasteiger partial charge in [0.25, 0.3) is 0 Å². The number of hydrogen-bond acceptors (Lipinski definition) is 7. The van der Waals surface area contributed by atoms with Gasteiger partial charge in [0.15, 0.2) is 11.4 Å². The molecule has 9 heteroatoms. The van der Waals surface area contributed by atoms with Crippen LogP contribution < -0.4 is 9.64 Å². The first-order chi connectivity index (χ1) is 16.1. The van der Waals surface area contributed by atoms with Crippen LogP contribution in [-0.4, -0.2) is 44.7 Å². The molecule has 3 heterocycles. The van der Waals surface area contributed by atoms with Gasteiger partial charge in [0.1, 0.15) is 23.7 Å². The Morgan fingerprint density at radius 2 is 1.58 bits per heavy atom. The summed E-state index contributed by atoms with van der Waals surface area (Å²) in [4.78, 5) is 27.3. The molecule has 1 saturated heterocycles. The normalized spacial score (nSPS) is 14.4. The number of aromatic nitrogens is 4. The highest BCUT2D eigenvalue weighted by atomic mass is 19.1. The van der Waals surface area contributed by atoms with Crippen LogP contribution in [0.15, 0.2) is 67.0 Å². The van der Waals surface area contributed by atoms with Crippen LogP contribution >= 0.6 is 0 Å². The van der Waals surface area contributed by atoms with E-state index in [-0.39, 0.29) is 17.7 Å². The van der Waals surface area contributed by atoms with Crippen molar-refractivity contribution in [2.45, 2.75) is 12.8 Å². The molecule has 2 aromatic carbocycles. The lowest BCUT2D eigenvalue weighted by molar-refractivity contribution is -0.139. The molecule has 2 aromatic heterocycles. The van der Waals surface area contributed by atoms with Crippen molar-refractivity contribution in [3.8, 4) is 5.75 Å². The Hall–Kier alpha value is -4.14. The van der Waals surface area contributed by atoms with Crippen molar-refractivity contribution in [3.05, 3.63) is 83.9 Å². The van der Waals surface area contributed by atoms with E-state index in [4.69, 9.17) is 4.74 Å². The average Bonchev–Trinajstić information content (AvgIpc) is 3.33. The van der Waals surface area contributed by atoms with Crippen molar-refractivity contribution in [3.63, 3.8) is 0 Å². The van der Waals surface area contributed by atoms with Gasteiger partial charge in [-0.2, -0.15) is 4.52 Å². The Morgan fingerprint density at radius 1 is 0.909 bits per heavy atom.